The number of aryl methyl sites for hydroxylation is 1. The van der Waals surface area contributed by atoms with Gasteiger partial charge in [-0.25, -0.2) is 22.8 Å². The van der Waals surface area contributed by atoms with Crippen LogP contribution < -0.4 is 9.62 Å². The van der Waals surface area contributed by atoms with Gasteiger partial charge in [-0.1, -0.05) is 18.2 Å². The summed E-state index contributed by atoms with van der Waals surface area (Å²) in [5.74, 6) is -0.842. The first-order valence-electron chi connectivity index (χ1n) is 13.3. The van der Waals surface area contributed by atoms with Crippen LogP contribution in [0.3, 0.4) is 0 Å². The molecule has 0 spiro atoms. The Kier molecular flexibility index (Phi) is 8.01. The number of hydrogen-bond donors (Lipinski definition) is 1. The Hall–Kier alpha value is -3.25. The van der Waals surface area contributed by atoms with Crippen molar-refractivity contribution in [3.63, 3.8) is 0 Å². The van der Waals surface area contributed by atoms with E-state index in [1.807, 2.05) is 0 Å². The van der Waals surface area contributed by atoms with Gasteiger partial charge in [-0.15, -0.1) is 0 Å². The SMILES string of the molecule is O=S(=O)(Nc1ccncn1)c1ccc(N2CCC[C@](CCc3cccc(C(F)(F)F)c3)(N3CCCC3)C2)cc1F. The number of piperidine rings is 1. The Morgan fingerprint density at radius 2 is 1.80 bits per heavy atom. The third-order valence-corrected chi connectivity index (χ3v) is 9.24. The predicted molar refractivity (Wildman–Crippen MR) is 144 cm³/mol. The fourth-order valence-corrected chi connectivity index (χ4v) is 6.94. The Balaban J connectivity index is 1.36. The van der Waals surface area contributed by atoms with Crippen LogP contribution in [0.15, 0.2) is 66.0 Å². The number of nitrogens with one attached hydrogen (secondary N) is 1. The number of benzene rings is 2. The van der Waals surface area contributed by atoms with Gasteiger partial charge in [0.1, 0.15) is 22.9 Å². The molecule has 5 rings (SSSR count). The Morgan fingerprint density at radius 1 is 1.00 bits per heavy atom. The maximum absolute atomic E-state index is 15.2. The first-order chi connectivity index (χ1) is 19.1. The number of alkyl halides is 3. The summed E-state index contributed by atoms with van der Waals surface area (Å²) in [7, 11) is -4.20. The summed E-state index contributed by atoms with van der Waals surface area (Å²) in [5, 5.41) is 0. The lowest BCUT2D eigenvalue weighted by Crippen LogP contribution is -2.58. The number of sulfonamides is 1. The highest BCUT2D eigenvalue weighted by atomic mass is 32.2. The summed E-state index contributed by atoms with van der Waals surface area (Å²) in [6, 6.07) is 11.0. The van der Waals surface area contributed by atoms with Gasteiger partial charge in [-0.3, -0.25) is 9.62 Å². The van der Waals surface area contributed by atoms with E-state index in [1.165, 1.54) is 42.9 Å². The molecule has 0 amide bonds. The van der Waals surface area contributed by atoms with E-state index in [4.69, 9.17) is 0 Å². The second-order valence-corrected chi connectivity index (χ2v) is 12.1. The molecule has 7 nitrogen and oxygen atoms in total. The standard InChI is InChI=1S/C28H31F4N5O2S/c29-24-18-23(7-8-25(24)40(38,39)35-26-10-13-33-20-34-26)36-14-4-11-27(19-36,37-15-1-2-16-37)12-9-21-5-3-6-22(17-21)28(30,31)32/h3,5-8,10,13,17-18,20H,1-2,4,9,11-12,14-16,19H2,(H,33,34,35)/t27-/m1/s1. The van der Waals surface area contributed by atoms with Crippen LogP contribution in [0.2, 0.25) is 0 Å². The molecule has 12 heteroatoms. The minimum atomic E-state index is -4.39. The quantitative estimate of drug-likeness (QED) is 0.356. The summed E-state index contributed by atoms with van der Waals surface area (Å²) in [4.78, 5) is 11.6. The summed E-state index contributed by atoms with van der Waals surface area (Å²) < 4.78 is 82.9. The van der Waals surface area contributed by atoms with E-state index in [0.717, 1.165) is 44.8 Å². The van der Waals surface area contributed by atoms with Gasteiger partial charge < -0.3 is 4.90 Å². The third kappa shape index (κ3) is 6.22. The smallest absolute Gasteiger partial charge is 0.370 e. The number of halogens is 4. The highest BCUT2D eigenvalue weighted by Gasteiger charge is 2.41. The fraction of sp³-hybridized carbons (Fsp3) is 0.429. The van der Waals surface area contributed by atoms with Crippen LogP contribution in [-0.4, -0.2) is 55.0 Å². The zero-order chi connectivity index (χ0) is 28.4. The van der Waals surface area contributed by atoms with Crippen molar-refractivity contribution in [1.29, 1.82) is 0 Å². The average molecular weight is 578 g/mol. The zero-order valence-electron chi connectivity index (χ0n) is 21.9. The molecule has 0 saturated carbocycles. The molecule has 3 heterocycles. The van der Waals surface area contributed by atoms with E-state index in [-0.39, 0.29) is 11.4 Å². The van der Waals surface area contributed by atoms with E-state index in [9.17, 15) is 21.6 Å². The Bertz CT molecular complexity index is 1430. The van der Waals surface area contributed by atoms with Crippen molar-refractivity contribution in [2.24, 2.45) is 0 Å². The summed E-state index contributed by atoms with van der Waals surface area (Å²) in [6.45, 7) is 3.08. The molecule has 3 aromatic rings. The molecule has 0 radical (unpaired) electrons. The molecule has 2 aliphatic heterocycles. The van der Waals surface area contributed by atoms with Crippen molar-refractivity contribution < 1.29 is 26.0 Å². The van der Waals surface area contributed by atoms with Gasteiger partial charge in [0.25, 0.3) is 10.0 Å². The zero-order valence-corrected chi connectivity index (χ0v) is 22.7. The predicted octanol–water partition coefficient (Wildman–Crippen LogP) is 5.50. The summed E-state index contributed by atoms with van der Waals surface area (Å²) in [6.07, 6.45) is 3.18. The van der Waals surface area contributed by atoms with Gasteiger partial charge >= 0.3 is 6.18 Å². The van der Waals surface area contributed by atoms with Crippen LogP contribution in [0.1, 0.15) is 43.2 Å². The number of anilines is 2. The number of hydrogen-bond acceptors (Lipinski definition) is 6. The fourth-order valence-electron chi connectivity index (χ4n) is 5.87. The molecule has 2 saturated heterocycles. The molecule has 1 atom stereocenters. The van der Waals surface area contributed by atoms with E-state index in [1.54, 1.807) is 12.1 Å². The lowest BCUT2D eigenvalue weighted by Gasteiger charge is -2.49. The highest BCUT2D eigenvalue weighted by Crippen LogP contribution is 2.38. The van der Waals surface area contributed by atoms with Crippen molar-refractivity contribution in [1.82, 2.24) is 14.9 Å². The van der Waals surface area contributed by atoms with Gasteiger partial charge in [-0.2, -0.15) is 13.2 Å². The van der Waals surface area contributed by atoms with Crippen molar-refractivity contribution >= 4 is 21.5 Å². The van der Waals surface area contributed by atoms with Crippen molar-refractivity contribution in [2.75, 3.05) is 35.8 Å². The lowest BCUT2D eigenvalue weighted by atomic mass is 9.81. The molecule has 40 heavy (non-hydrogen) atoms. The van der Waals surface area contributed by atoms with Gasteiger partial charge in [0.15, 0.2) is 0 Å². The van der Waals surface area contributed by atoms with E-state index in [2.05, 4.69) is 24.5 Å². The summed E-state index contributed by atoms with van der Waals surface area (Å²) >= 11 is 0. The largest absolute Gasteiger partial charge is 0.416 e. The molecular weight excluding hydrogens is 546 g/mol. The molecule has 2 fully saturated rings. The van der Waals surface area contributed by atoms with Gasteiger partial charge in [0.05, 0.1) is 5.56 Å². The van der Waals surface area contributed by atoms with Gasteiger partial charge in [0, 0.05) is 30.5 Å². The second kappa shape index (κ2) is 11.3. The number of rotatable bonds is 8. The Morgan fingerprint density at radius 3 is 2.50 bits per heavy atom. The first kappa shape index (κ1) is 28.3. The van der Waals surface area contributed by atoms with Crippen LogP contribution in [0.4, 0.5) is 29.1 Å². The van der Waals surface area contributed by atoms with E-state index in [0.29, 0.717) is 37.2 Å². The van der Waals surface area contributed by atoms with Crippen molar-refractivity contribution in [3.8, 4) is 0 Å². The molecule has 1 aromatic heterocycles. The monoisotopic (exact) mass is 577 g/mol. The number of likely N-dealkylation sites (tertiary alicyclic amines) is 1. The van der Waals surface area contributed by atoms with Crippen LogP contribution in [0.25, 0.3) is 0 Å². The minimum Gasteiger partial charge on any atom is -0.370 e. The molecular formula is C28H31F4N5O2S. The maximum Gasteiger partial charge on any atom is 0.416 e. The Labute approximate surface area is 231 Å². The maximum atomic E-state index is 15.2. The average Bonchev–Trinajstić information content (AvgIpc) is 3.48. The minimum absolute atomic E-state index is 0.0330. The molecule has 0 aliphatic carbocycles. The van der Waals surface area contributed by atoms with Crippen LogP contribution in [0.5, 0.6) is 0 Å². The molecule has 1 N–H and O–H groups in total. The number of nitrogens with zero attached hydrogens (tertiary/aromatic N) is 4. The molecule has 214 valence electrons. The van der Waals surface area contributed by atoms with E-state index >= 15 is 4.39 Å². The molecule has 2 aliphatic rings. The van der Waals surface area contributed by atoms with E-state index < -0.39 is 32.5 Å². The van der Waals surface area contributed by atoms with Crippen LogP contribution >= 0.6 is 0 Å². The second-order valence-electron chi connectivity index (χ2n) is 10.5. The van der Waals surface area contributed by atoms with Gasteiger partial charge in [0.2, 0.25) is 0 Å². The van der Waals surface area contributed by atoms with Crippen LogP contribution in [0, 0.1) is 5.82 Å². The van der Waals surface area contributed by atoms with Crippen LogP contribution in [-0.2, 0) is 22.6 Å². The topological polar surface area (TPSA) is 78.4 Å². The molecule has 2 aromatic carbocycles. The third-order valence-electron chi connectivity index (χ3n) is 7.86. The lowest BCUT2D eigenvalue weighted by molar-refractivity contribution is -0.137. The highest BCUT2D eigenvalue weighted by molar-refractivity contribution is 7.92. The molecule has 0 bridgehead atoms. The first-order valence-corrected chi connectivity index (χ1v) is 14.8. The normalized spacial score (nSPS) is 20.6. The number of aromatic nitrogens is 2. The van der Waals surface area contributed by atoms with Gasteiger partial charge in [-0.05, 0) is 87.5 Å². The summed E-state index contributed by atoms with van der Waals surface area (Å²) in [5.41, 5.74) is 0.284. The van der Waals surface area contributed by atoms with Crippen molar-refractivity contribution in [2.45, 2.75) is 55.1 Å². The van der Waals surface area contributed by atoms with Crippen molar-refractivity contribution in [3.05, 3.63) is 78.0 Å². The molecule has 0 unspecified atom stereocenters.